The molecule has 0 aliphatic carbocycles. The first-order chi connectivity index (χ1) is 12.6. The summed E-state index contributed by atoms with van der Waals surface area (Å²) in [6.07, 6.45) is 5.71. The van der Waals surface area contributed by atoms with Crippen LogP contribution in [0.5, 0.6) is 0 Å². The predicted octanol–water partition coefficient (Wildman–Crippen LogP) is 5.16. The van der Waals surface area contributed by atoms with Crippen LogP contribution in [0.25, 0.3) is 28.6 Å². The van der Waals surface area contributed by atoms with E-state index < -0.39 is 0 Å². The largest absolute Gasteiger partial charge is 0.335 e. The summed E-state index contributed by atoms with van der Waals surface area (Å²) >= 11 is 0. The maximum Gasteiger partial charge on any atom is 0.180 e. The molecule has 26 heavy (non-hydrogen) atoms. The van der Waals surface area contributed by atoms with E-state index in [2.05, 4.69) is 83.6 Å². The molecule has 0 aliphatic rings. The number of aromatic nitrogens is 4. The van der Waals surface area contributed by atoms with Gasteiger partial charge in [-0.1, -0.05) is 36.4 Å². The van der Waals surface area contributed by atoms with Crippen molar-refractivity contribution in [3.8, 4) is 28.6 Å². The SMILES string of the molecule is Cc1cccc(C)c1-c1cnc(-c2nccn2-c2c(C)cccc2C)[nH]1. The molecule has 0 aliphatic heterocycles. The van der Waals surface area contributed by atoms with Crippen LogP contribution in [0.3, 0.4) is 0 Å². The van der Waals surface area contributed by atoms with E-state index >= 15 is 0 Å². The van der Waals surface area contributed by atoms with Gasteiger partial charge in [-0.3, -0.25) is 4.57 Å². The Balaban J connectivity index is 1.83. The first-order valence-electron chi connectivity index (χ1n) is 8.78. The number of benzene rings is 2. The highest BCUT2D eigenvalue weighted by molar-refractivity contribution is 5.69. The topological polar surface area (TPSA) is 46.5 Å². The Kier molecular flexibility index (Phi) is 3.96. The van der Waals surface area contributed by atoms with Gasteiger partial charge < -0.3 is 4.98 Å². The number of nitrogens with one attached hydrogen (secondary N) is 1. The number of rotatable bonds is 3. The van der Waals surface area contributed by atoms with Gasteiger partial charge in [0.15, 0.2) is 11.6 Å². The molecule has 2 heterocycles. The average molecular weight is 342 g/mol. The van der Waals surface area contributed by atoms with Gasteiger partial charge in [-0.15, -0.1) is 0 Å². The molecule has 130 valence electrons. The summed E-state index contributed by atoms with van der Waals surface area (Å²) < 4.78 is 2.11. The Hall–Kier alpha value is -3.14. The van der Waals surface area contributed by atoms with Crippen LogP contribution in [-0.4, -0.2) is 19.5 Å². The number of hydrogen-bond donors (Lipinski definition) is 1. The third kappa shape index (κ3) is 2.64. The van der Waals surface area contributed by atoms with E-state index in [1.165, 1.54) is 27.8 Å². The Morgan fingerprint density at radius 3 is 2.08 bits per heavy atom. The van der Waals surface area contributed by atoms with E-state index in [-0.39, 0.29) is 0 Å². The summed E-state index contributed by atoms with van der Waals surface area (Å²) in [5.41, 5.74) is 8.28. The fourth-order valence-electron chi connectivity index (χ4n) is 3.65. The van der Waals surface area contributed by atoms with Crippen LogP contribution >= 0.6 is 0 Å². The molecule has 4 nitrogen and oxygen atoms in total. The minimum Gasteiger partial charge on any atom is -0.335 e. The average Bonchev–Trinajstić information content (AvgIpc) is 3.24. The summed E-state index contributed by atoms with van der Waals surface area (Å²) in [6.45, 7) is 8.49. The maximum absolute atomic E-state index is 4.62. The summed E-state index contributed by atoms with van der Waals surface area (Å²) in [5.74, 6) is 1.59. The molecule has 4 aromatic rings. The Morgan fingerprint density at radius 2 is 1.42 bits per heavy atom. The predicted molar refractivity (Wildman–Crippen MR) is 106 cm³/mol. The molecular formula is C22H22N4. The minimum atomic E-state index is 0.773. The summed E-state index contributed by atoms with van der Waals surface area (Å²) in [7, 11) is 0. The van der Waals surface area contributed by atoms with Crippen LogP contribution in [0.1, 0.15) is 22.3 Å². The van der Waals surface area contributed by atoms with Gasteiger partial charge in [0.05, 0.1) is 17.6 Å². The van der Waals surface area contributed by atoms with Gasteiger partial charge in [0.25, 0.3) is 0 Å². The first-order valence-corrected chi connectivity index (χ1v) is 8.78. The van der Waals surface area contributed by atoms with Crippen LogP contribution in [0.15, 0.2) is 55.0 Å². The summed E-state index contributed by atoms with van der Waals surface area (Å²) in [5, 5.41) is 0. The normalized spacial score (nSPS) is 11.1. The Bertz CT molecular complexity index is 1040. The van der Waals surface area contributed by atoms with Crippen molar-refractivity contribution in [1.82, 2.24) is 19.5 Å². The van der Waals surface area contributed by atoms with Crippen LogP contribution in [0, 0.1) is 27.7 Å². The highest BCUT2D eigenvalue weighted by Crippen LogP contribution is 2.29. The van der Waals surface area contributed by atoms with E-state index in [4.69, 9.17) is 0 Å². The summed E-state index contributed by atoms with van der Waals surface area (Å²) in [6, 6.07) is 12.7. The van der Waals surface area contributed by atoms with Crippen LogP contribution < -0.4 is 0 Å². The Labute approximate surface area is 153 Å². The summed E-state index contributed by atoms with van der Waals surface area (Å²) in [4.78, 5) is 12.7. The van der Waals surface area contributed by atoms with Crippen molar-refractivity contribution in [3.05, 3.63) is 77.2 Å². The smallest absolute Gasteiger partial charge is 0.180 e. The fourth-order valence-corrected chi connectivity index (χ4v) is 3.65. The van der Waals surface area contributed by atoms with Gasteiger partial charge >= 0.3 is 0 Å². The molecule has 2 aromatic heterocycles. The number of aromatic amines is 1. The van der Waals surface area contributed by atoms with Gasteiger partial charge in [-0.25, -0.2) is 9.97 Å². The molecule has 2 aromatic carbocycles. The molecule has 0 unspecified atom stereocenters. The van der Waals surface area contributed by atoms with Crippen molar-refractivity contribution in [1.29, 1.82) is 0 Å². The van der Waals surface area contributed by atoms with Gasteiger partial charge in [0.2, 0.25) is 0 Å². The third-order valence-corrected chi connectivity index (χ3v) is 4.86. The van der Waals surface area contributed by atoms with E-state index in [9.17, 15) is 0 Å². The third-order valence-electron chi connectivity index (χ3n) is 4.86. The molecule has 0 saturated carbocycles. The molecule has 0 radical (unpaired) electrons. The number of para-hydroxylation sites is 1. The maximum atomic E-state index is 4.62. The number of nitrogens with zero attached hydrogens (tertiary/aromatic N) is 3. The molecule has 4 rings (SSSR count). The second-order valence-electron chi connectivity index (χ2n) is 6.77. The zero-order valence-electron chi connectivity index (χ0n) is 15.5. The number of hydrogen-bond acceptors (Lipinski definition) is 2. The van der Waals surface area contributed by atoms with Crippen LogP contribution in [0.2, 0.25) is 0 Å². The highest BCUT2D eigenvalue weighted by atomic mass is 15.1. The Morgan fingerprint density at radius 1 is 0.808 bits per heavy atom. The van der Waals surface area contributed by atoms with Gasteiger partial charge in [0, 0.05) is 18.0 Å². The molecule has 0 fully saturated rings. The van der Waals surface area contributed by atoms with Gasteiger partial charge in [0.1, 0.15) is 0 Å². The van der Waals surface area contributed by atoms with Gasteiger partial charge in [-0.2, -0.15) is 0 Å². The van der Waals surface area contributed by atoms with Crippen molar-refractivity contribution in [3.63, 3.8) is 0 Å². The number of imidazole rings is 2. The van der Waals surface area contributed by atoms with E-state index in [1.807, 2.05) is 18.6 Å². The lowest BCUT2D eigenvalue weighted by atomic mass is 10.0. The molecule has 1 N–H and O–H groups in total. The quantitative estimate of drug-likeness (QED) is 0.559. The lowest BCUT2D eigenvalue weighted by molar-refractivity contribution is 1.01. The lowest BCUT2D eigenvalue weighted by Crippen LogP contribution is -2.02. The lowest BCUT2D eigenvalue weighted by Gasteiger charge is -2.12. The molecule has 0 bridgehead atoms. The van der Waals surface area contributed by atoms with Crippen molar-refractivity contribution >= 4 is 0 Å². The molecule has 0 saturated heterocycles. The molecule has 4 heteroatoms. The van der Waals surface area contributed by atoms with E-state index in [0.29, 0.717) is 0 Å². The zero-order chi connectivity index (χ0) is 18.3. The minimum absolute atomic E-state index is 0.773. The highest BCUT2D eigenvalue weighted by Gasteiger charge is 2.16. The molecule has 0 atom stereocenters. The van der Waals surface area contributed by atoms with Gasteiger partial charge in [-0.05, 0) is 49.9 Å². The van der Waals surface area contributed by atoms with Crippen molar-refractivity contribution in [2.75, 3.05) is 0 Å². The number of aryl methyl sites for hydroxylation is 4. The number of H-pyrrole nitrogens is 1. The van der Waals surface area contributed by atoms with Crippen LogP contribution in [-0.2, 0) is 0 Å². The van der Waals surface area contributed by atoms with Crippen molar-refractivity contribution in [2.24, 2.45) is 0 Å². The van der Waals surface area contributed by atoms with Crippen LogP contribution in [0.4, 0.5) is 0 Å². The standard InChI is InChI=1S/C22H22N4/c1-14-7-5-8-15(2)19(14)18-13-24-21(25-18)22-23-11-12-26(22)20-16(3)9-6-10-17(20)4/h5-13H,1-4H3,(H,24,25). The zero-order valence-corrected chi connectivity index (χ0v) is 15.5. The first kappa shape index (κ1) is 16.3. The van der Waals surface area contributed by atoms with Crippen molar-refractivity contribution < 1.29 is 0 Å². The second-order valence-corrected chi connectivity index (χ2v) is 6.77. The molecule has 0 amide bonds. The molecule has 0 spiro atoms. The van der Waals surface area contributed by atoms with E-state index in [0.717, 1.165) is 23.0 Å². The van der Waals surface area contributed by atoms with E-state index in [1.54, 1.807) is 0 Å². The second kappa shape index (κ2) is 6.30. The molecular weight excluding hydrogens is 320 g/mol. The fraction of sp³-hybridized carbons (Fsp3) is 0.182. The monoisotopic (exact) mass is 342 g/mol. The van der Waals surface area contributed by atoms with Crippen molar-refractivity contribution in [2.45, 2.75) is 27.7 Å².